The molecular weight excluding hydrogens is 211 g/mol. The van der Waals surface area contributed by atoms with Gasteiger partial charge in [-0.3, -0.25) is 0 Å². The summed E-state index contributed by atoms with van der Waals surface area (Å²) in [6, 6.07) is 2.76. The predicted octanol–water partition coefficient (Wildman–Crippen LogP) is 2.28. The molecule has 0 N–H and O–H groups in total. The molecule has 0 fully saturated rings. The van der Waals surface area contributed by atoms with Gasteiger partial charge in [0.25, 0.3) is 0 Å². The van der Waals surface area contributed by atoms with E-state index >= 15 is 0 Å². The van der Waals surface area contributed by atoms with Crippen LogP contribution in [0.4, 0.5) is 4.39 Å². The molecule has 3 nitrogen and oxygen atoms in total. The molecule has 0 bridgehead atoms. The Hall–Kier alpha value is -1.58. The molecule has 0 saturated heterocycles. The van der Waals surface area contributed by atoms with E-state index < -0.39 is 11.8 Å². The Morgan fingerprint density at radius 2 is 2.19 bits per heavy atom. The van der Waals surface area contributed by atoms with E-state index in [9.17, 15) is 9.18 Å². The minimum Gasteiger partial charge on any atom is -0.492 e. The number of hydrogen-bond acceptors (Lipinski definition) is 3. The van der Waals surface area contributed by atoms with Gasteiger partial charge >= 0.3 is 5.97 Å². The van der Waals surface area contributed by atoms with Crippen molar-refractivity contribution < 1.29 is 18.7 Å². The summed E-state index contributed by atoms with van der Waals surface area (Å²) in [6.45, 7) is 4.43. The second kappa shape index (κ2) is 3.47. The molecule has 0 atom stereocenters. The first-order valence-electron chi connectivity index (χ1n) is 5.01. The van der Waals surface area contributed by atoms with Crippen molar-refractivity contribution in [2.75, 3.05) is 13.7 Å². The van der Waals surface area contributed by atoms with Crippen molar-refractivity contribution >= 4 is 5.97 Å². The maximum Gasteiger partial charge on any atom is 0.340 e. The zero-order chi connectivity index (χ0) is 11.9. The van der Waals surface area contributed by atoms with Crippen molar-refractivity contribution in [2.45, 2.75) is 19.3 Å². The number of methoxy groups -OCH3 is 1. The highest BCUT2D eigenvalue weighted by molar-refractivity contribution is 5.90. The number of ether oxygens (including phenoxy) is 2. The van der Waals surface area contributed by atoms with E-state index in [1.807, 2.05) is 13.8 Å². The first-order valence-corrected chi connectivity index (χ1v) is 5.01. The Bertz CT molecular complexity index is 452. The summed E-state index contributed by atoms with van der Waals surface area (Å²) in [5.41, 5.74) is 0.488. The third kappa shape index (κ3) is 1.54. The topological polar surface area (TPSA) is 35.5 Å². The first kappa shape index (κ1) is 10.9. The van der Waals surface area contributed by atoms with E-state index in [0.717, 1.165) is 5.56 Å². The van der Waals surface area contributed by atoms with Crippen molar-refractivity contribution in [3.05, 3.63) is 29.1 Å². The lowest BCUT2D eigenvalue weighted by Gasteiger charge is -2.15. The van der Waals surface area contributed by atoms with E-state index in [4.69, 9.17) is 4.74 Å². The lowest BCUT2D eigenvalue weighted by Crippen LogP contribution is -2.18. The molecule has 1 aliphatic heterocycles. The SMILES string of the molecule is COC(=O)c1cc2c(cc1F)C(C)(C)CO2. The summed E-state index contributed by atoms with van der Waals surface area (Å²) >= 11 is 0. The van der Waals surface area contributed by atoms with Crippen LogP contribution < -0.4 is 4.74 Å². The Balaban J connectivity index is 2.53. The fourth-order valence-corrected chi connectivity index (χ4v) is 1.80. The Labute approximate surface area is 93.2 Å². The molecule has 0 saturated carbocycles. The summed E-state index contributed by atoms with van der Waals surface area (Å²) in [4.78, 5) is 11.3. The van der Waals surface area contributed by atoms with Crippen LogP contribution in [0.25, 0.3) is 0 Å². The van der Waals surface area contributed by atoms with Crippen LogP contribution in [-0.4, -0.2) is 19.7 Å². The molecule has 1 aliphatic rings. The quantitative estimate of drug-likeness (QED) is 0.686. The van der Waals surface area contributed by atoms with Gasteiger partial charge in [-0.25, -0.2) is 9.18 Å². The average molecular weight is 224 g/mol. The van der Waals surface area contributed by atoms with Gasteiger partial charge in [0.15, 0.2) is 0 Å². The second-order valence-corrected chi connectivity index (χ2v) is 4.49. The largest absolute Gasteiger partial charge is 0.492 e. The highest BCUT2D eigenvalue weighted by Gasteiger charge is 2.33. The molecule has 4 heteroatoms. The molecule has 16 heavy (non-hydrogen) atoms. The van der Waals surface area contributed by atoms with Crippen molar-refractivity contribution in [1.29, 1.82) is 0 Å². The Morgan fingerprint density at radius 1 is 1.50 bits per heavy atom. The van der Waals surface area contributed by atoms with Gasteiger partial charge in [-0.1, -0.05) is 13.8 Å². The van der Waals surface area contributed by atoms with Crippen LogP contribution in [0.5, 0.6) is 5.75 Å². The van der Waals surface area contributed by atoms with Crippen LogP contribution in [-0.2, 0) is 10.2 Å². The summed E-state index contributed by atoms with van der Waals surface area (Å²) in [5.74, 6) is -0.690. The smallest absolute Gasteiger partial charge is 0.340 e. The monoisotopic (exact) mass is 224 g/mol. The molecule has 1 aromatic carbocycles. The Morgan fingerprint density at radius 3 is 2.81 bits per heavy atom. The fraction of sp³-hybridized carbons (Fsp3) is 0.417. The van der Waals surface area contributed by atoms with Gasteiger partial charge in [0.1, 0.15) is 11.6 Å². The number of rotatable bonds is 1. The lowest BCUT2D eigenvalue weighted by molar-refractivity contribution is 0.0595. The number of hydrogen-bond donors (Lipinski definition) is 0. The first-order chi connectivity index (χ1) is 7.45. The van der Waals surface area contributed by atoms with Gasteiger partial charge < -0.3 is 9.47 Å². The predicted molar refractivity (Wildman–Crippen MR) is 56.3 cm³/mol. The van der Waals surface area contributed by atoms with Crippen molar-refractivity contribution in [1.82, 2.24) is 0 Å². The average Bonchev–Trinajstić information content (AvgIpc) is 2.53. The lowest BCUT2D eigenvalue weighted by atomic mass is 9.86. The number of esters is 1. The van der Waals surface area contributed by atoms with E-state index in [1.165, 1.54) is 19.2 Å². The molecule has 1 heterocycles. The van der Waals surface area contributed by atoms with Gasteiger partial charge in [-0.05, 0) is 12.1 Å². The molecule has 0 spiro atoms. The van der Waals surface area contributed by atoms with E-state index in [0.29, 0.717) is 12.4 Å². The molecule has 0 radical (unpaired) electrons. The van der Waals surface area contributed by atoms with Gasteiger partial charge in [0.2, 0.25) is 0 Å². The number of carbonyl (C=O) groups excluding carboxylic acids is 1. The van der Waals surface area contributed by atoms with Gasteiger partial charge in [-0.15, -0.1) is 0 Å². The minimum absolute atomic E-state index is 0.0843. The van der Waals surface area contributed by atoms with Crippen LogP contribution in [0.2, 0.25) is 0 Å². The fourth-order valence-electron chi connectivity index (χ4n) is 1.80. The molecule has 1 aromatic rings. The van der Waals surface area contributed by atoms with Crippen molar-refractivity contribution in [3.63, 3.8) is 0 Å². The molecule has 0 unspecified atom stereocenters. The van der Waals surface area contributed by atoms with Crippen LogP contribution in [0.15, 0.2) is 12.1 Å². The zero-order valence-corrected chi connectivity index (χ0v) is 9.46. The maximum absolute atomic E-state index is 13.7. The molecule has 86 valence electrons. The van der Waals surface area contributed by atoms with Crippen molar-refractivity contribution in [2.24, 2.45) is 0 Å². The minimum atomic E-state index is -0.686. The molecule has 0 aromatic heterocycles. The third-order valence-corrected chi connectivity index (χ3v) is 2.79. The van der Waals surface area contributed by atoms with Crippen LogP contribution in [0.3, 0.4) is 0 Å². The molecular formula is C12H13FO3. The molecule has 0 amide bonds. The van der Waals surface area contributed by atoms with E-state index in [1.54, 1.807) is 0 Å². The van der Waals surface area contributed by atoms with Crippen LogP contribution in [0.1, 0.15) is 29.8 Å². The Kier molecular flexibility index (Phi) is 2.37. The summed E-state index contributed by atoms with van der Waals surface area (Å²) in [7, 11) is 1.22. The standard InChI is InChI=1S/C12H13FO3/c1-12(2)6-16-10-4-7(11(14)15-3)9(13)5-8(10)12/h4-5H,6H2,1-3H3. The highest BCUT2D eigenvalue weighted by atomic mass is 19.1. The number of carbonyl (C=O) groups is 1. The van der Waals surface area contributed by atoms with Crippen molar-refractivity contribution in [3.8, 4) is 5.75 Å². The molecule has 0 aliphatic carbocycles. The highest BCUT2D eigenvalue weighted by Crippen LogP contribution is 2.39. The normalized spacial score (nSPS) is 16.5. The second-order valence-electron chi connectivity index (χ2n) is 4.49. The number of halogens is 1. The van der Waals surface area contributed by atoms with E-state index in [2.05, 4.69) is 4.74 Å². The van der Waals surface area contributed by atoms with Gasteiger partial charge in [0.05, 0.1) is 19.3 Å². The van der Waals surface area contributed by atoms with E-state index in [-0.39, 0.29) is 11.0 Å². The number of benzene rings is 1. The van der Waals surface area contributed by atoms with Crippen LogP contribution >= 0.6 is 0 Å². The molecule has 2 rings (SSSR count). The van der Waals surface area contributed by atoms with Gasteiger partial charge in [0, 0.05) is 11.0 Å². The zero-order valence-electron chi connectivity index (χ0n) is 9.46. The third-order valence-electron chi connectivity index (χ3n) is 2.79. The summed E-state index contributed by atoms with van der Waals surface area (Å²) in [6.07, 6.45) is 0. The number of fused-ring (bicyclic) bond motifs is 1. The summed E-state index contributed by atoms with van der Waals surface area (Å²) < 4.78 is 23.6. The van der Waals surface area contributed by atoms with Crippen LogP contribution in [0, 0.1) is 5.82 Å². The summed E-state index contributed by atoms with van der Waals surface area (Å²) in [5, 5.41) is 0. The van der Waals surface area contributed by atoms with Gasteiger partial charge in [-0.2, -0.15) is 0 Å². The maximum atomic E-state index is 13.7.